The van der Waals surface area contributed by atoms with E-state index in [4.69, 9.17) is 23.9 Å². The van der Waals surface area contributed by atoms with Gasteiger partial charge in [0.1, 0.15) is 5.75 Å². The van der Waals surface area contributed by atoms with Crippen molar-refractivity contribution in [2.24, 2.45) is 0 Å². The lowest BCUT2D eigenvalue weighted by atomic mass is 10.2. The van der Waals surface area contributed by atoms with Crippen molar-refractivity contribution < 1.29 is 23.7 Å². The van der Waals surface area contributed by atoms with E-state index in [0.717, 1.165) is 46.7 Å². The van der Waals surface area contributed by atoms with Crippen molar-refractivity contribution in [1.82, 2.24) is 4.98 Å². The van der Waals surface area contributed by atoms with Crippen LogP contribution in [0, 0.1) is 0 Å². The number of fused-ring (bicyclic) bond motifs is 2. The van der Waals surface area contributed by atoms with Gasteiger partial charge >= 0.3 is 0 Å². The molecular formula is C24H24N2O5S. The SMILES string of the molecule is CCOc1ccc2nc(N(CC3CCCO3)C(=O)/C=C/c3ccc4c(c3)OCO4)sc2c1. The molecule has 2 aliphatic rings. The smallest absolute Gasteiger partial charge is 0.252 e. The van der Waals surface area contributed by atoms with Gasteiger partial charge in [0.25, 0.3) is 5.91 Å². The van der Waals surface area contributed by atoms with Crippen LogP contribution in [0.3, 0.4) is 0 Å². The lowest BCUT2D eigenvalue weighted by molar-refractivity contribution is -0.114. The number of nitrogens with zero attached hydrogens (tertiary/aromatic N) is 2. The van der Waals surface area contributed by atoms with Crippen molar-refractivity contribution in [3.8, 4) is 17.2 Å². The fourth-order valence-electron chi connectivity index (χ4n) is 3.79. The fourth-order valence-corrected chi connectivity index (χ4v) is 4.80. The lowest BCUT2D eigenvalue weighted by Gasteiger charge is -2.21. The Hall–Kier alpha value is -3.10. The molecule has 0 spiro atoms. The molecule has 5 rings (SSSR count). The third-order valence-corrected chi connectivity index (χ3v) is 6.42. The molecule has 0 bridgehead atoms. The Morgan fingerprint density at radius 2 is 2.16 bits per heavy atom. The molecule has 0 saturated carbocycles. The van der Waals surface area contributed by atoms with Gasteiger partial charge in [-0.05, 0) is 61.7 Å². The number of aromatic nitrogens is 1. The van der Waals surface area contributed by atoms with Crippen LogP contribution in [-0.2, 0) is 9.53 Å². The van der Waals surface area contributed by atoms with Crippen LogP contribution >= 0.6 is 11.3 Å². The van der Waals surface area contributed by atoms with E-state index in [-0.39, 0.29) is 18.8 Å². The van der Waals surface area contributed by atoms with Crippen LogP contribution in [0.4, 0.5) is 5.13 Å². The average Bonchev–Trinajstić information content (AvgIpc) is 3.56. The highest BCUT2D eigenvalue weighted by molar-refractivity contribution is 7.22. The molecule has 1 atom stereocenters. The lowest BCUT2D eigenvalue weighted by Crippen LogP contribution is -2.36. The van der Waals surface area contributed by atoms with E-state index in [1.807, 2.05) is 43.3 Å². The van der Waals surface area contributed by atoms with Gasteiger partial charge in [0.2, 0.25) is 6.79 Å². The molecule has 2 aliphatic heterocycles. The number of carbonyl (C=O) groups is 1. The highest BCUT2D eigenvalue weighted by Gasteiger charge is 2.25. The predicted molar refractivity (Wildman–Crippen MR) is 124 cm³/mol. The summed E-state index contributed by atoms with van der Waals surface area (Å²) in [5.74, 6) is 2.07. The van der Waals surface area contributed by atoms with Gasteiger partial charge in [0, 0.05) is 12.7 Å². The molecule has 0 aliphatic carbocycles. The van der Waals surface area contributed by atoms with Gasteiger partial charge in [-0.25, -0.2) is 4.98 Å². The van der Waals surface area contributed by atoms with E-state index >= 15 is 0 Å². The Morgan fingerprint density at radius 1 is 1.25 bits per heavy atom. The second kappa shape index (κ2) is 9.18. The van der Waals surface area contributed by atoms with Crippen LogP contribution in [-0.4, -0.2) is 43.5 Å². The third kappa shape index (κ3) is 4.42. The molecule has 1 amide bonds. The first-order valence-corrected chi connectivity index (χ1v) is 11.6. The number of ether oxygens (including phenoxy) is 4. The average molecular weight is 453 g/mol. The number of hydrogen-bond acceptors (Lipinski definition) is 7. The minimum atomic E-state index is -0.137. The quantitative estimate of drug-likeness (QED) is 0.486. The number of carbonyl (C=O) groups excluding carboxylic acids is 1. The Bertz CT molecular complexity index is 1150. The van der Waals surface area contributed by atoms with Crippen molar-refractivity contribution in [2.75, 3.05) is 31.5 Å². The number of thiazole rings is 1. The first-order valence-electron chi connectivity index (χ1n) is 10.7. The summed E-state index contributed by atoms with van der Waals surface area (Å²) >= 11 is 1.48. The van der Waals surface area contributed by atoms with Crippen molar-refractivity contribution in [3.05, 3.63) is 48.0 Å². The van der Waals surface area contributed by atoms with Crippen molar-refractivity contribution >= 4 is 38.7 Å². The fraction of sp³-hybridized carbons (Fsp3) is 0.333. The van der Waals surface area contributed by atoms with Crippen molar-refractivity contribution in [1.29, 1.82) is 0 Å². The molecule has 1 fully saturated rings. The second-order valence-electron chi connectivity index (χ2n) is 7.59. The summed E-state index contributed by atoms with van der Waals surface area (Å²) in [4.78, 5) is 19.7. The van der Waals surface area contributed by atoms with Crippen LogP contribution in [0.1, 0.15) is 25.3 Å². The summed E-state index contributed by atoms with van der Waals surface area (Å²) in [5, 5.41) is 0.657. The molecule has 7 nitrogen and oxygen atoms in total. The monoisotopic (exact) mass is 452 g/mol. The normalized spacial score (nSPS) is 17.3. The Morgan fingerprint density at radius 3 is 3.00 bits per heavy atom. The molecule has 0 N–H and O–H groups in total. The maximum Gasteiger partial charge on any atom is 0.252 e. The summed E-state index contributed by atoms with van der Waals surface area (Å²) in [6, 6.07) is 11.4. The van der Waals surface area contributed by atoms with E-state index < -0.39 is 0 Å². The molecular weight excluding hydrogens is 428 g/mol. The molecule has 2 aromatic carbocycles. The molecule has 32 heavy (non-hydrogen) atoms. The summed E-state index contributed by atoms with van der Waals surface area (Å²) in [5.41, 5.74) is 1.71. The Kier molecular flexibility index (Phi) is 5.96. The van der Waals surface area contributed by atoms with Crippen molar-refractivity contribution in [2.45, 2.75) is 25.9 Å². The number of benzene rings is 2. The van der Waals surface area contributed by atoms with E-state index in [1.54, 1.807) is 17.1 Å². The maximum absolute atomic E-state index is 13.3. The van der Waals surface area contributed by atoms with Gasteiger partial charge in [0.15, 0.2) is 16.6 Å². The van der Waals surface area contributed by atoms with E-state index in [0.29, 0.717) is 24.0 Å². The number of anilines is 1. The minimum absolute atomic E-state index is 0.0175. The second-order valence-corrected chi connectivity index (χ2v) is 8.60. The van der Waals surface area contributed by atoms with E-state index in [9.17, 15) is 4.79 Å². The first-order chi connectivity index (χ1) is 15.7. The summed E-state index contributed by atoms with van der Waals surface area (Å²) in [6.45, 7) is 3.99. The van der Waals surface area contributed by atoms with Gasteiger partial charge < -0.3 is 18.9 Å². The molecule has 0 radical (unpaired) electrons. The third-order valence-electron chi connectivity index (χ3n) is 5.38. The molecule has 8 heteroatoms. The Labute approximate surface area is 190 Å². The van der Waals surface area contributed by atoms with Gasteiger partial charge in [-0.2, -0.15) is 0 Å². The predicted octanol–water partition coefficient (Wildman–Crippen LogP) is 4.65. The highest BCUT2D eigenvalue weighted by atomic mass is 32.1. The van der Waals surface area contributed by atoms with Crippen LogP contribution < -0.4 is 19.1 Å². The summed E-state index contributed by atoms with van der Waals surface area (Å²) in [7, 11) is 0. The number of amides is 1. The van der Waals surface area contributed by atoms with Gasteiger partial charge in [-0.1, -0.05) is 17.4 Å². The van der Waals surface area contributed by atoms with Gasteiger partial charge in [-0.3, -0.25) is 9.69 Å². The zero-order chi connectivity index (χ0) is 21.9. The summed E-state index contributed by atoms with van der Waals surface area (Å²) in [6.07, 6.45) is 5.33. The van der Waals surface area contributed by atoms with E-state index in [2.05, 4.69) is 0 Å². The van der Waals surface area contributed by atoms with E-state index in [1.165, 1.54) is 11.3 Å². The number of hydrogen-bond donors (Lipinski definition) is 0. The van der Waals surface area contributed by atoms with Crippen LogP contribution in [0.15, 0.2) is 42.5 Å². The number of rotatable bonds is 7. The topological polar surface area (TPSA) is 70.1 Å². The largest absolute Gasteiger partial charge is 0.494 e. The van der Waals surface area contributed by atoms with Crippen molar-refractivity contribution in [3.63, 3.8) is 0 Å². The summed E-state index contributed by atoms with van der Waals surface area (Å²) < 4.78 is 23.2. The molecule has 3 heterocycles. The molecule has 1 unspecified atom stereocenters. The van der Waals surface area contributed by atoms with Crippen LogP contribution in [0.5, 0.6) is 17.2 Å². The van der Waals surface area contributed by atoms with Gasteiger partial charge in [-0.15, -0.1) is 0 Å². The zero-order valence-electron chi connectivity index (χ0n) is 17.8. The van der Waals surface area contributed by atoms with Crippen LogP contribution in [0.2, 0.25) is 0 Å². The molecule has 1 saturated heterocycles. The zero-order valence-corrected chi connectivity index (χ0v) is 18.6. The highest BCUT2D eigenvalue weighted by Crippen LogP contribution is 2.34. The maximum atomic E-state index is 13.3. The molecule has 3 aromatic rings. The standard InChI is InChI=1S/C24H24N2O5S/c1-2-28-17-7-8-19-22(13-17)32-24(25-19)26(14-18-4-3-11-29-18)23(27)10-6-16-5-9-20-21(12-16)31-15-30-20/h5-10,12-13,18H,2-4,11,14-15H2,1H3/b10-6+. The Balaban J connectivity index is 1.41. The molecule has 166 valence electrons. The molecule has 1 aromatic heterocycles. The van der Waals surface area contributed by atoms with Crippen LogP contribution in [0.25, 0.3) is 16.3 Å². The van der Waals surface area contributed by atoms with Gasteiger partial charge in [0.05, 0.1) is 29.5 Å². The first kappa shape index (κ1) is 20.8. The minimum Gasteiger partial charge on any atom is -0.494 e.